The van der Waals surface area contributed by atoms with Crippen LogP contribution in [0, 0.1) is 5.92 Å². The summed E-state index contributed by atoms with van der Waals surface area (Å²) >= 11 is 0. The fourth-order valence-electron chi connectivity index (χ4n) is 1.77. The van der Waals surface area contributed by atoms with Crippen molar-refractivity contribution >= 4 is 10.0 Å². The van der Waals surface area contributed by atoms with E-state index in [1.165, 1.54) is 21.4 Å². The Bertz CT molecular complexity index is 465. The van der Waals surface area contributed by atoms with Crippen molar-refractivity contribution in [3.63, 3.8) is 0 Å². The molecule has 0 aromatic carbocycles. The van der Waals surface area contributed by atoms with Crippen LogP contribution in [0.1, 0.15) is 27.2 Å². The second kappa shape index (κ2) is 5.18. The molecule has 0 bridgehead atoms. The molecule has 1 rings (SSSR count). The molecule has 17 heavy (non-hydrogen) atoms. The summed E-state index contributed by atoms with van der Waals surface area (Å²) in [5.41, 5.74) is 0. The van der Waals surface area contributed by atoms with Crippen molar-refractivity contribution in [2.24, 2.45) is 13.0 Å². The molecule has 1 atom stereocenters. The first-order valence-corrected chi connectivity index (χ1v) is 7.16. The van der Waals surface area contributed by atoms with E-state index in [1.54, 1.807) is 14.1 Å². The van der Waals surface area contributed by atoms with Crippen molar-refractivity contribution < 1.29 is 8.42 Å². The molecule has 5 nitrogen and oxygen atoms in total. The van der Waals surface area contributed by atoms with Crippen molar-refractivity contribution in [3.05, 3.63) is 12.4 Å². The maximum atomic E-state index is 12.2. The molecule has 0 saturated heterocycles. The highest BCUT2D eigenvalue weighted by Crippen LogP contribution is 2.18. The Morgan fingerprint density at radius 2 is 2.00 bits per heavy atom. The standard InChI is InChI=1S/C11H21N3O2S/c1-9(2)6-10(3)14(5)17(15,16)11-7-12-13(4)8-11/h7-10H,6H2,1-5H3/t10-/m1/s1. The van der Waals surface area contributed by atoms with Crippen molar-refractivity contribution in [1.82, 2.24) is 14.1 Å². The zero-order valence-corrected chi connectivity index (χ0v) is 11.9. The second-order valence-electron chi connectivity index (χ2n) is 4.85. The van der Waals surface area contributed by atoms with Gasteiger partial charge in [0.1, 0.15) is 4.90 Å². The Hall–Kier alpha value is -0.880. The third-order valence-electron chi connectivity index (χ3n) is 2.79. The molecule has 1 heterocycles. The molecule has 0 aliphatic heterocycles. The van der Waals surface area contributed by atoms with Crippen LogP contribution in [-0.2, 0) is 17.1 Å². The number of hydrogen-bond donors (Lipinski definition) is 0. The van der Waals surface area contributed by atoms with Crippen LogP contribution in [0.25, 0.3) is 0 Å². The lowest BCUT2D eigenvalue weighted by Gasteiger charge is -2.24. The van der Waals surface area contributed by atoms with Crippen LogP contribution in [-0.4, -0.2) is 35.6 Å². The molecular formula is C11H21N3O2S. The number of hydrogen-bond acceptors (Lipinski definition) is 3. The number of aryl methyl sites for hydroxylation is 1. The average molecular weight is 259 g/mol. The van der Waals surface area contributed by atoms with E-state index in [0.29, 0.717) is 5.92 Å². The molecule has 0 N–H and O–H groups in total. The van der Waals surface area contributed by atoms with Gasteiger partial charge in [0.2, 0.25) is 10.0 Å². The molecule has 1 aromatic rings. The van der Waals surface area contributed by atoms with Gasteiger partial charge in [-0.3, -0.25) is 4.68 Å². The van der Waals surface area contributed by atoms with Gasteiger partial charge in [0, 0.05) is 26.3 Å². The van der Waals surface area contributed by atoms with E-state index in [2.05, 4.69) is 18.9 Å². The summed E-state index contributed by atoms with van der Waals surface area (Å²) in [6, 6.07) is -0.0137. The lowest BCUT2D eigenvalue weighted by molar-refractivity contribution is 0.338. The van der Waals surface area contributed by atoms with Crippen LogP contribution >= 0.6 is 0 Å². The fraction of sp³-hybridized carbons (Fsp3) is 0.727. The third kappa shape index (κ3) is 3.29. The van der Waals surface area contributed by atoms with Gasteiger partial charge in [0.15, 0.2) is 0 Å². The van der Waals surface area contributed by atoms with E-state index in [4.69, 9.17) is 0 Å². The zero-order chi connectivity index (χ0) is 13.2. The Morgan fingerprint density at radius 1 is 1.41 bits per heavy atom. The fourth-order valence-corrected chi connectivity index (χ4v) is 3.12. The van der Waals surface area contributed by atoms with E-state index in [1.807, 2.05) is 6.92 Å². The van der Waals surface area contributed by atoms with Gasteiger partial charge in [0.05, 0.1) is 6.20 Å². The van der Waals surface area contributed by atoms with Gasteiger partial charge < -0.3 is 0 Å². The summed E-state index contributed by atoms with van der Waals surface area (Å²) in [6.45, 7) is 6.09. The summed E-state index contributed by atoms with van der Waals surface area (Å²) in [6.07, 6.45) is 3.75. The Kier molecular flexibility index (Phi) is 4.32. The predicted octanol–water partition coefficient (Wildman–Crippen LogP) is 1.48. The number of sulfonamides is 1. The predicted molar refractivity (Wildman–Crippen MR) is 67.1 cm³/mol. The highest BCUT2D eigenvalue weighted by molar-refractivity contribution is 7.89. The van der Waals surface area contributed by atoms with E-state index in [-0.39, 0.29) is 10.9 Å². The van der Waals surface area contributed by atoms with E-state index in [0.717, 1.165) is 6.42 Å². The summed E-state index contributed by atoms with van der Waals surface area (Å²) in [5.74, 6) is 0.469. The van der Waals surface area contributed by atoms with Crippen LogP contribution < -0.4 is 0 Å². The molecule has 0 amide bonds. The summed E-state index contributed by atoms with van der Waals surface area (Å²) < 4.78 is 27.4. The summed E-state index contributed by atoms with van der Waals surface area (Å²) in [4.78, 5) is 0.248. The van der Waals surface area contributed by atoms with Crippen molar-refractivity contribution in [3.8, 4) is 0 Å². The van der Waals surface area contributed by atoms with Gasteiger partial charge in [-0.25, -0.2) is 8.42 Å². The van der Waals surface area contributed by atoms with Crippen LogP contribution in [0.4, 0.5) is 0 Å². The van der Waals surface area contributed by atoms with E-state index >= 15 is 0 Å². The second-order valence-corrected chi connectivity index (χ2v) is 6.85. The minimum absolute atomic E-state index is 0.0137. The highest BCUT2D eigenvalue weighted by Gasteiger charge is 2.26. The van der Waals surface area contributed by atoms with Crippen LogP contribution in [0.5, 0.6) is 0 Å². The van der Waals surface area contributed by atoms with Gasteiger partial charge in [0.25, 0.3) is 0 Å². The van der Waals surface area contributed by atoms with Gasteiger partial charge in [-0.2, -0.15) is 9.40 Å². The van der Waals surface area contributed by atoms with Crippen LogP contribution in [0.15, 0.2) is 17.3 Å². The molecule has 98 valence electrons. The molecule has 0 spiro atoms. The van der Waals surface area contributed by atoms with Crippen LogP contribution in [0.2, 0.25) is 0 Å². The highest BCUT2D eigenvalue weighted by atomic mass is 32.2. The first-order valence-electron chi connectivity index (χ1n) is 5.71. The maximum Gasteiger partial charge on any atom is 0.246 e. The number of rotatable bonds is 5. The zero-order valence-electron chi connectivity index (χ0n) is 11.1. The molecule has 0 unspecified atom stereocenters. The lowest BCUT2D eigenvalue weighted by Crippen LogP contribution is -2.35. The summed E-state index contributed by atoms with van der Waals surface area (Å²) in [7, 11) is -0.0877. The molecule has 0 saturated carbocycles. The molecule has 0 aliphatic carbocycles. The molecule has 0 radical (unpaired) electrons. The monoisotopic (exact) mass is 259 g/mol. The first-order chi connectivity index (χ1) is 7.75. The van der Waals surface area contributed by atoms with Crippen molar-refractivity contribution in [1.29, 1.82) is 0 Å². The SMILES string of the molecule is CC(C)C[C@@H](C)N(C)S(=O)(=O)c1cnn(C)c1. The van der Waals surface area contributed by atoms with Gasteiger partial charge in [-0.1, -0.05) is 13.8 Å². The van der Waals surface area contributed by atoms with Crippen molar-refractivity contribution in [2.45, 2.75) is 38.1 Å². The Morgan fingerprint density at radius 3 is 2.41 bits per heavy atom. The average Bonchev–Trinajstić information content (AvgIpc) is 2.63. The lowest BCUT2D eigenvalue weighted by atomic mass is 10.1. The Balaban J connectivity index is 2.91. The minimum Gasteiger partial charge on any atom is -0.274 e. The topological polar surface area (TPSA) is 55.2 Å². The molecular weight excluding hydrogens is 238 g/mol. The molecule has 0 fully saturated rings. The minimum atomic E-state index is -3.41. The quantitative estimate of drug-likeness (QED) is 0.804. The van der Waals surface area contributed by atoms with Gasteiger partial charge in [-0.15, -0.1) is 0 Å². The van der Waals surface area contributed by atoms with Gasteiger partial charge in [-0.05, 0) is 19.3 Å². The smallest absolute Gasteiger partial charge is 0.246 e. The first kappa shape index (κ1) is 14.2. The molecule has 6 heteroatoms. The Labute approximate surface area is 103 Å². The van der Waals surface area contributed by atoms with Crippen LogP contribution in [0.3, 0.4) is 0 Å². The molecule has 1 aromatic heterocycles. The van der Waals surface area contributed by atoms with E-state index in [9.17, 15) is 8.42 Å². The third-order valence-corrected chi connectivity index (χ3v) is 4.72. The molecule has 0 aliphatic rings. The maximum absolute atomic E-state index is 12.2. The largest absolute Gasteiger partial charge is 0.274 e. The van der Waals surface area contributed by atoms with Gasteiger partial charge >= 0.3 is 0 Å². The number of aromatic nitrogens is 2. The normalized spacial score (nSPS) is 14.5. The van der Waals surface area contributed by atoms with Crippen molar-refractivity contribution in [2.75, 3.05) is 7.05 Å². The number of nitrogens with zero attached hydrogens (tertiary/aromatic N) is 3. The van der Waals surface area contributed by atoms with E-state index < -0.39 is 10.0 Å². The summed E-state index contributed by atoms with van der Waals surface area (Å²) in [5, 5.41) is 3.90.